The minimum atomic E-state index is -1.15. The van der Waals surface area contributed by atoms with Gasteiger partial charge in [0.15, 0.2) is 11.6 Å². The number of amides is 2. The van der Waals surface area contributed by atoms with Gasteiger partial charge in [-0.25, -0.2) is 13.7 Å². The van der Waals surface area contributed by atoms with Crippen LogP contribution in [0.15, 0.2) is 60.3 Å². The maximum atomic E-state index is 13.9. The van der Waals surface area contributed by atoms with Crippen LogP contribution in [0.5, 0.6) is 0 Å². The number of rotatable bonds is 4. The van der Waals surface area contributed by atoms with Crippen LogP contribution in [0, 0.1) is 32.4 Å². The molecule has 2 amide bonds. The monoisotopic (exact) mass is 452 g/mol. The van der Waals surface area contributed by atoms with Crippen molar-refractivity contribution in [1.29, 1.82) is 0 Å². The SMILES string of the molecule is Cc1ccc(C2=C(Nc3cccc(Cl)c3C)C(=O)N(c3ccc(F)c(F)c3)C2=O)cc1C. The van der Waals surface area contributed by atoms with Crippen LogP contribution in [0.2, 0.25) is 5.02 Å². The summed E-state index contributed by atoms with van der Waals surface area (Å²) in [5, 5.41) is 3.55. The molecular formula is C25H19ClF2N2O2. The Morgan fingerprint density at radius 2 is 1.59 bits per heavy atom. The number of hydrogen-bond acceptors (Lipinski definition) is 3. The summed E-state index contributed by atoms with van der Waals surface area (Å²) in [6, 6.07) is 13.5. The topological polar surface area (TPSA) is 49.4 Å². The Labute approximate surface area is 189 Å². The van der Waals surface area contributed by atoms with E-state index in [1.165, 1.54) is 6.07 Å². The predicted octanol–water partition coefficient (Wildman–Crippen LogP) is 5.94. The largest absolute Gasteiger partial charge is 0.350 e. The van der Waals surface area contributed by atoms with Crippen LogP contribution in [0.25, 0.3) is 5.57 Å². The van der Waals surface area contributed by atoms with Crippen molar-refractivity contribution < 1.29 is 18.4 Å². The highest BCUT2D eigenvalue weighted by molar-refractivity contribution is 6.46. The van der Waals surface area contributed by atoms with Crippen molar-refractivity contribution in [1.82, 2.24) is 0 Å². The molecule has 1 aliphatic heterocycles. The molecule has 4 rings (SSSR count). The van der Waals surface area contributed by atoms with E-state index in [-0.39, 0.29) is 17.0 Å². The minimum Gasteiger partial charge on any atom is -0.350 e. The molecule has 1 N–H and O–H groups in total. The van der Waals surface area contributed by atoms with Gasteiger partial charge in [0.25, 0.3) is 11.8 Å². The van der Waals surface area contributed by atoms with Crippen LogP contribution in [0.1, 0.15) is 22.3 Å². The predicted molar refractivity (Wildman–Crippen MR) is 121 cm³/mol. The number of nitrogens with zero attached hydrogens (tertiary/aromatic N) is 1. The molecule has 0 spiro atoms. The van der Waals surface area contributed by atoms with Gasteiger partial charge in [0.2, 0.25) is 0 Å². The molecule has 0 aromatic heterocycles. The second-order valence-corrected chi connectivity index (χ2v) is 8.04. The molecule has 1 heterocycles. The molecule has 0 fully saturated rings. The fraction of sp³-hybridized carbons (Fsp3) is 0.120. The Morgan fingerprint density at radius 1 is 0.844 bits per heavy atom. The van der Waals surface area contributed by atoms with Crippen LogP contribution >= 0.6 is 11.6 Å². The maximum Gasteiger partial charge on any atom is 0.282 e. The smallest absolute Gasteiger partial charge is 0.282 e. The van der Waals surface area contributed by atoms with Gasteiger partial charge in [0, 0.05) is 16.8 Å². The highest BCUT2D eigenvalue weighted by Crippen LogP contribution is 2.36. The molecule has 0 bridgehead atoms. The summed E-state index contributed by atoms with van der Waals surface area (Å²) in [6.07, 6.45) is 0. The van der Waals surface area contributed by atoms with Crippen molar-refractivity contribution in [3.05, 3.63) is 99.2 Å². The van der Waals surface area contributed by atoms with E-state index >= 15 is 0 Å². The lowest BCUT2D eigenvalue weighted by atomic mass is 9.99. The molecule has 3 aromatic carbocycles. The molecule has 1 aliphatic rings. The third kappa shape index (κ3) is 3.67. The van der Waals surface area contributed by atoms with Gasteiger partial charge in [-0.3, -0.25) is 9.59 Å². The molecule has 0 saturated heterocycles. The first-order valence-electron chi connectivity index (χ1n) is 9.87. The Morgan fingerprint density at radius 3 is 2.28 bits per heavy atom. The van der Waals surface area contributed by atoms with Gasteiger partial charge in [-0.15, -0.1) is 0 Å². The van der Waals surface area contributed by atoms with E-state index in [1.54, 1.807) is 31.2 Å². The highest BCUT2D eigenvalue weighted by Gasteiger charge is 2.40. The average Bonchev–Trinajstić information content (AvgIpc) is 2.99. The van der Waals surface area contributed by atoms with Crippen molar-refractivity contribution >= 4 is 40.4 Å². The van der Waals surface area contributed by atoms with Crippen LogP contribution in [0.4, 0.5) is 20.2 Å². The molecule has 0 saturated carbocycles. The normalized spacial score (nSPS) is 13.9. The zero-order chi connectivity index (χ0) is 23.2. The second-order valence-electron chi connectivity index (χ2n) is 7.63. The lowest BCUT2D eigenvalue weighted by molar-refractivity contribution is -0.120. The van der Waals surface area contributed by atoms with E-state index in [2.05, 4.69) is 5.32 Å². The Kier molecular flexibility index (Phi) is 5.57. The Balaban J connectivity index is 1.88. The zero-order valence-electron chi connectivity index (χ0n) is 17.6. The molecule has 162 valence electrons. The van der Waals surface area contributed by atoms with E-state index < -0.39 is 23.4 Å². The summed E-state index contributed by atoms with van der Waals surface area (Å²) in [4.78, 5) is 27.7. The van der Waals surface area contributed by atoms with Crippen molar-refractivity contribution in [2.75, 3.05) is 10.2 Å². The number of carbonyl (C=O) groups excluding carboxylic acids is 2. The molecule has 32 heavy (non-hydrogen) atoms. The second kappa shape index (κ2) is 8.20. The number of nitrogens with one attached hydrogen (secondary N) is 1. The lowest BCUT2D eigenvalue weighted by Gasteiger charge is -2.16. The van der Waals surface area contributed by atoms with Crippen LogP contribution < -0.4 is 10.2 Å². The third-order valence-electron chi connectivity index (χ3n) is 5.57. The van der Waals surface area contributed by atoms with Gasteiger partial charge in [0.1, 0.15) is 5.70 Å². The molecular weight excluding hydrogens is 434 g/mol. The Bertz CT molecular complexity index is 1320. The number of imide groups is 1. The van der Waals surface area contributed by atoms with Crippen LogP contribution in [0.3, 0.4) is 0 Å². The highest BCUT2D eigenvalue weighted by atomic mass is 35.5. The van der Waals surface area contributed by atoms with Gasteiger partial charge in [0.05, 0.1) is 11.3 Å². The summed E-state index contributed by atoms with van der Waals surface area (Å²) in [5.41, 5.74) is 3.90. The lowest BCUT2D eigenvalue weighted by Crippen LogP contribution is -2.32. The quantitative estimate of drug-likeness (QED) is 0.498. The summed E-state index contributed by atoms with van der Waals surface area (Å²) in [6.45, 7) is 5.63. The van der Waals surface area contributed by atoms with Gasteiger partial charge in [-0.05, 0) is 67.3 Å². The molecule has 4 nitrogen and oxygen atoms in total. The van der Waals surface area contributed by atoms with E-state index in [4.69, 9.17) is 11.6 Å². The van der Waals surface area contributed by atoms with Crippen LogP contribution in [-0.2, 0) is 9.59 Å². The molecule has 0 unspecified atom stereocenters. The minimum absolute atomic E-state index is 0.0355. The summed E-state index contributed by atoms with van der Waals surface area (Å²) < 4.78 is 27.3. The van der Waals surface area contributed by atoms with Crippen molar-refractivity contribution in [2.24, 2.45) is 0 Å². The summed E-state index contributed by atoms with van der Waals surface area (Å²) >= 11 is 6.22. The van der Waals surface area contributed by atoms with E-state index in [9.17, 15) is 18.4 Å². The number of benzene rings is 3. The first kappa shape index (κ1) is 21.7. The molecule has 0 aliphatic carbocycles. The van der Waals surface area contributed by atoms with Crippen LogP contribution in [-0.4, -0.2) is 11.8 Å². The first-order chi connectivity index (χ1) is 15.2. The number of aryl methyl sites for hydroxylation is 2. The number of halogens is 3. The zero-order valence-corrected chi connectivity index (χ0v) is 18.3. The van der Waals surface area contributed by atoms with Crippen molar-refractivity contribution in [3.63, 3.8) is 0 Å². The van der Waals surface area contributed by atoms with Gasteiger partial charge < -0.3 is 5.32 Å². The molecule has 0 radical (unpaired) electrons. The summed E-state index contributed by atoms with van der Waals surface area (Å²) in [7, 11) is 0. The van der Waals surface area contributed by atoms with Gasteiger partial charge >= 0.3 is 0 Å². The Hall–Kier alpha value is -3.51. The molecule has 0 atom stereocenters. The fourth-order valence-corrected chi connectivity index (χ4v) is 3.72. The third-order valence-corrected chi connectivity index (χ3v) is 5.98. The van der Waals surface area contributed by atoms with E-state index in [0.717, 1.165) is 28.2 Å². The summed E-state index contributed by atoms with van der Waals surface area (Å²) in [5.74, 6) is -3.52. The number of hydrogen-bond donors (Lipinski definition) is 1. The number of anilines is 2. The van der Waals surface area contributed by atoms with Crippen molar-refractivity contribution in [2.45, 2.75) is 20.8 Å². The van der Waals surface area contributed by atoms with Gasteiger partial charge in [-0.1, -0.05) is 35.9 Å². The van der Waals surface area contributed by atoms with Gasteiger partial charge in [-0.2, -0.15) is 0 Å². The molecule has 3 aromatic rings. The van der Waals surface area contributed by atoms with Crippen molar-refractivity contribution in [3.8, 4) is 0 Å². The standard InChI is InChI=1S/C25H19ClF2N2O2/c1-13-7-8-16(11-14(13)2)22-23(29-21-6-4-5-18(26)15(21)3)25(32)30(24(22)31)17-9-10-19(27)20(28)12-17/h4-12,29H,1-3H3. The van der Waals surface area contributed by atoms with E-state index in [0.29, 0.717) is 21.8 Å². The fourth-order valence-electron chi connectivity index (χ4n) is 3.55. The molecule has 7 heteroatoms. The average molecular weight is 453 g/mol. The first-order valence-corrected chi connectivity index (χ1v) is 10.2. The van der Waals surface area contributed by atoms with E-state index in [1.807, 2.05) is 26.0 Å². The number of carbonyl (C=O) groups is 2. The maximum absolute atomic E-state index is 13.9.